The largest absolute Gasteiger partial charge is 0.465 e. The molecule has 202 valence electrons. The third kappa shape index (κ3) is 4.88. The van der Waals surface area contributed by atoms with Crippen LogP contribution in [-0.4, -0.2) is 36.3 Å². The molecule has 2 aliphatic carbocycles. The van der Waals surface area contributed by atoms with Crippen LogP contribution in [0.4, 0.5) is 10.1 Å². The van der Waals surface area contributed by atoms with Crippen LogP contribution in [0.5, 0.6) is 0 Å². The first-order valence-corrected chi connectivity index (χ1v) is 13.2. The average Bonchev–Trinajstić information content (AvgIpc) is 3.44. The van der Waals surface area contributed by atoms with E-state index in [0.717, 1.165) is 11.1 Å². The Labute approximate surface area is 235 Å². The second-order valence-electron chi connectivity index (χ2n) is 10.1. The zero-order valence-corrected chi connectivity index (χ0v) is 22.8. The summed E-state index contributed by atoms with van der Waals surface area (Å²) >= 11 is 12.3. The molecule has 4 atom stereocenters. The summed E-state index contributed by atoms with van der Waals surface area (Å²) in [5, 5.41) is 10.8. The van der Waals surface area contributed by atoms with Crippen molar-refractivity contribution in [1.82, 2.24) is 5.32 Å². The molecule has 1 aliphatic heterocycles. The maximum absolute atomic E-state index is 15.5. The number of esters is 1. The normalized spacial score (nSPS) is 28.8. The molecular weight excluding hydrogens is 542 g/mol. The highest BCUT2D eigenvalue weighted by molar-refractivity contribution is 6.31. The van der Waals surface area contributed by atoms with Gasteiger partial charge in [0.1, 0.15) is 11.4 Å². The van der Waals surface area contributed by atoms with Gasteiger partial charge in [0.15, 0.2) is 0 Å². The van der Waals surface area contributed by atoms with Crippen molar-refractivity contribution >= 4 is 46.5 Å². The van der Waals surface area contributed by atoms with Crippen LogP contribution in [0.25, 0.3) is 0 Å². The molecule has 3 aliphatic rings. The highest BCUT2D eigenvalue weighted by atomic mass is 35.5. The van der Waals surface area contributed by atoms with Crippen LogP contribution in [0.15, 0.2) is 82.5 Å². The minimum absolute atomic E-state index is 0.00857. The van der Waals surface area contributed by atoms with E-state index in [9.17, 15) is 9.59 Å². The molecule has 7 nitrogen and oxygen atoms in total. The molecule has 4 N–H and O–H groups in total. The maximum atomic E-state index is 15.5. The summed E-state index contributed by atoms with van der Waals surface area (Å²) in [6, 6.07) is 11.6. The third-order valence-corrected chi connectivity index (χ3v) is 8.34. The van der Waals surface area contributed by atoms with Crippen LogP contribution in [0, 0.1) is 11.7 Å². The van der Waals surface area contributed by atoms with Crippen molar-refractivity contribution in [2.75, 3.05) is 12.4 Å². The number of hydrogen-bond acceptors (Lipinski definition) is 6. The van der Waals surface area contributed by atoms with Gasteiger partial charge in [-0.25, -0.2) is 9.18 Å². The van der Waals surface area contributed by atoms with Crippen LogP contribution >= 0.6 is 23.2 Å². The summed E-state index contributed by atoms with van der Waals surface area (Å²) in [7, 11) is 1.32. The number of fused-ring (bicyclic) bond motifs is 1. The summed E-state index contributed by atoms with van der Waals surface area (Å²) in [5.74, 6) is 3.62. The molecule has 39 heavy (non-hydrogen) atoms. The molecule has 0 spiro atoms. The first-order valence-electron chi connectivity index (χ1n) is 12.4. The Morgan fingerprint density at radius 3 is 2.67 bits per heavy atom. The molecular formula is C29H27Cl2FN4O3. The van der Waals surface area contributed by atoms with Gasteiger partial charge >= 0.3 is 5.97 Å². The molecule has 2 aromatic rings. The molecule has 2 fully saturated rings. The Balaban J connectivity index is 1.55. The van der Waals surface area contributed by atoms with Gasteiger partial charge in [-0.3, -0.25) is 10.1 Å². The van der Waals surface area contributed by atoms with Crippen LogP contribution in [-0.2, 0) is 14.3 Å². The number of nitrogens with one attached hydrogen (secondary N) is 2. The number of carbonyl (C=O) groups is 2. The molecule has 5 rings (SSSR count). The minimum atomic E-state index is -1.16. The molecule has 1 amide bonds. The SMILES string of the molecule is COC(=O)C1=CC(=C2/C[C@@H]3[C@H](C2)N[C@@](C)(C(=O)Nc2cccc(Cl)c2)[C@H]3c2cccc(Cl)c2F)/C(=N\N)C=C1. The van der Waals surface area contributed by atoms with Gasteiger partial charge in [0.05, 0.1) is 23.4 Å². The topological polar surface area (TPSA) is 106 Å². The standard InChI is InChI=1S/C29H27Cl2FN4O3/c1-29(28(38)34-18-6-3-5-17(30)14-18)25(19-7-4-8-22(31)26(19)32)21-12-16(13-24(21)35-29)20-11-15(27(37)39-2)9-10-23(20)36-33/h3-11,14,21,24-25,35H,12-13,33H2,1-2H3,(H,34,38)/b20-16+,36-23-/t21-,24+,25+,29-/m1/s1. The molecule has 1 heterocycles. The van der Waals surface area contributed by atoms with Gasteiger partial charge in [-0.1, -0.05) is 47.0 Å². The average molecular weight is 569 g/mol. The number of nitrogens with zero attached hydrogens (tertiary/aromatic N) is 1. The number of anilines is 1. The van der Waals surface area contributed by atoms with Crippen molar-refractivity contribution in [3.63, 3.8) is 0 Å². The number of amides is 1. The number of methoxy groups -OCH3 is 1. The summed E-state index contributed by atoms with van der Waals surface area (Å²) in [6.07, 6.45) is 6.08. The number of rotatable bonds is 4. The Morgan fingerprint density at radius 1 is 1.18 bits per heavy atom. The number of nitrogens with two attached hydrogens (primary N) is 1. The third-order valence-electron chi connectivity index (χ3n) is 7.81. The van der Waals surface area contributed by atoms with Gasteiger partial charge in [0.2, 0.25) is 5.91 Å². The van der Waals surface area contributed by atoms with E-state index >= 15 is 4.39 Å². The van der Waals surface area contributed by atoms with E-state index in [2.05, 4.69) is 15.7 Å². The molecule has 10 heteroatoms. The number of hydrazone groups is 1. The van der Waals surface area contributed by atoms with Crippen LogP contribution in [0.1, 0.15) is 31.2 Å². The fourth-order valence-corrected chi connectivity index (χ4v) is 6.44. The highest BCUT2D eigenvalue weighted by Crippen LogP contribution is 2.53. The van der Waals surface area contributed by atoms with Crippen molar-refractivity contribution in [3.05, 3.63) is 98.8 Å². The number of halogens is 3. The Kier molecular flexibility index (Phi) is 7.37. The Bertz CT molecular complexity index is 1480. The Morgan fingerprint density at radius 2 is 1.95 bits per heavy atom. The summed E-state index contributed by atoms with van der Waals surface area (Å²) in [6.45, 7) is 1.79. The van der Waals surface area contributed by atoms with Crippen molar-refractivity contribution < 1.29 is 18.7 Å². The van der Waals surface area contributed by atoms with Crippen LogP contribution in [0.3, 0.4) is 0 Å². The van der Waals surface area contributed by atoms with E-state index in [-0.39, 0.29) is 22.9 Å². The molecule has 0 bridgehead atoms. The fourth-order valence-electron chi connectivity index (χ4n) is 6.07. The number of allylic oxidation sites excluding steroid dienone is 3. The first-order chi connectivity index (χ1) is 18.7. The molecule has 0 unspecified atom stereocenters. The lowest BCUT2D eigenvalue weighted by Crippen LogP contribution is -2.53. The second kappa shape index (κ2) is 10.6. The molecule has 1 saturated heterocycles. The number of benzene rings is 2. The van der Waals surface area contributed by atoms with Gasteiger partial charge < -0.3 is 15.9 Å². The highest BCUT2D eigenvalue weighted by Gasteiger charge is 2.58. The van der Waals surface area contributed by atoms with Crippen molar-refractivity contribution in [2.24, 2.45) is 16.9 Å². The zero-order chi connectivity index (χ0) is 27.9. The van der Waals surface area contributed by atoms with E-state index in [1.807, 2.05) is 0 Å². The van der Waals surface area contributed by atoms with Crippen LogP contribution in [0.2, 0.25) is 10.0 Å². The lowest BCUT2D eigenvalue weighted by atomic mass is 9.74. The lowest BCUT2D eigenvalue weighted by molar-refractivity contribution is -0.135. The summed E-state index contributed by atoms with van der Waals surface area (Å²) < 4.78 is 20.4. The smallest absolute Gasteiger partial charge is 0.337 e. The number of carbonyl (C=O) groups excluding carboxylic acids is 2. The molecule has 2 aromatic carbocycles. The van der Waals surface area contributed by atoms with Gasteiger partial charge in [-0.2, -0.15) is 5.10 Å². The van der Waals surface area contributed by atoms with Crippen molar-refractivity contribution in [1.29, 1.82) is 0 Å². The van der Waals surface area contributed by atoms with Crippen molar-refractivity contribution in [3.8, 4) is 0 Å². The van der Waals surface area contributed by atoms with Crippen LogP contribution < -0.4 is 16.5 Å². The van der Waals surface area contributed by atoms with E-state index in [1.165, 1.54) is 13.2 Å². The number of hydrogen-bond donors (Lipinski definition) is 3. The molecule has 1 saturated carbocycles. The fraction of sp³-hybridized carbons (Fsp3) is 0.276. The van der Waals surface area contributed by atoms with Gasteiger partial charge in [-0.05, 0) is 73.7 Å². The van der Waals surface area contributed by atoms with E-state index < -0.39 is 23.2 Å². The number of ether oxygens (including phenoxy) is 1. The van der Waals surface area contributed by atoms with Gasteiger partial charge in [0.25, 0.3) is 0 Å². The van der Waals surface area contributed by atoms with Gasteiger partial charge in [0, 0.05) is 28.2 Å². The monoisotopic (exact) mass is 568 g/mol. The summed E-state index contributed by atoms with van der Waals surface area (Å²) in [5.41, 5.74) is 2.37. The Hall–Kier alpha value is -3.46. The quantitative estimate of drug-likeness (QED) is 0.264. The van der Waals surface area contributed by atoms with E-state index in [4.69, 9.17) is 33.8 Å². The first kappa shape index (κ1) is 27.1. The zero-order valence-electron chi connectivity index (χ0n) is 21.3. The molecule has 0 aromatic heterocycles. The predicted octanol–water partition coefficient (Wildman–Crippen LogP) is 5.28. The molecule has 0 radical (unpaired) electrons. The summed E-state index contributed by atoms with van der Waals surface area (Å²) in [4.78, 5) is 26.0. The lowest BCUT2D eigenvalue weighted by Gasteiger charge is -2.33. The second-order valence-corrected chi connectivity index (χ2v) is 10.9. The maximum Gasteiger partial charge on any atom is 0.337 e. The predicted molar refractivity (Wildman–Crippen MR) is 150 cm³/mol. The minimum Gasteiger partial charge on any atom is -0.465 e. The van der Waals surface area contributed by atoms with Crippen molar-refractivity contribution in [2.45, 2.75) is 37.3 Å². The van der Waals surface area contributed by atoms with E-state index in [1.54, 1.807) is 61.5 Å². The van der Waals surface area contributed by atoms with E-state index in [0.29, 0.717) is 40.4 Å². The van der Waals surface area contributed by atoms with Gasteiger partial charge in [-0.15, -0.1) is 0 Å².